The molecule has 0 atom stereocenters. The standard InChI is InChI=1S/C18H27N5OS/c1-12-9-14(18(3,4)5)10-13(2)15(12)7-8-19-16(24)11-25-17-20-21-22-23(17)6/h9-10H,7-8,11H2,1-6H3,(H,19,24). The molecule has 0 saturated heterocycles. The quantitative estimate of drug-likeness (QED) is 0.801. The van der Waals surface area contributed by atoms with Crippen molar-refractivity contribution in [3.05, 3.63) is 34.4 Å². The molecule has 6 nitrogen and oxygen atoms in total. The number of carbonyl (C=O) groups excluding carboxylic acids is 1. The van der Waals surface area contributed by atoms with E-state index >= 15 is 0 Å². The van der Waals surface area contributed by atoms with Gasteiger partial charge in [0.05, 0.1) is 5.75 Å². The molecule has 1 aromatic heterocycles. The molecule has 7 heteroatoms. The molecule has 136 valence electrons. The molecule has 0 aliphatic heterocycles. The van der Waals surface area contributed by atoms with Gasteiger partial charge in [0.15, 0.2) is 0 Å². The number of aromatic nitrogens is 4. The van der Waals surface area contributed by atoms with E-state index < -0.39 is 0 Å². The van der Waals surface area contributed by atoms with Crippen molar-refractivity contribution >= 4 is 17.7 Å². The number of amides is 1. The number of hydrogen-bond donors (Lipinski definition) is 1. The van der Waals surface area contributed by atoms with Crippen LogP contribution in [0.2, 0.25) is 0 Å². The van der Waals surface area contributed by atoms with Gasteiger partial charge in [-0.3, -0.25) is 4.79 Å². The maximum Gasteiger partial charge on any atom is 0.230 e. The number of nitrogens with one attached hydrogen (secondary N) is 1. The molecule has 1 N–H and O–H groups in total. The molecule has 0 radical (unpaired) electrons. The minimum atomic E-state index is -0.00498. The molecule has 1 aromatic carbocycles. The highest BCUT2D eigenvalue weighted by molar-refractivity contribution is 7.99. The molecule has 25 heavy (non-hydrogen) atoms. The Kier molecular flexibility index (Phi) is 6.21. The maximum atomic E-state index is 12.0. The normalized spacial score (nSPS) is 11.6. The molecule has 1 heterocycles. The summed E-state index contributed by atoms with van der Waals surface area (Å²) < 4.78 is 1.56. The Hall–Kier alpha value is -1.89. The molecule has 2 aromatic rings. The first kappa shape index (κ1) is 19.4. The van der Waals surface area contributed by atoms with Crippen LogP contribution >= 0.6 is 11.8 Å². The van der Waals surface area contributed by atoms with Gasteiger partial charge in [0, 0.05) is 13.6 Å². The van der Waals surface area contributed by atoms with Gasteiger partial charge in [-0.1, -0.05) is 44.7 Å². The third kappa shape index (κ3) is 5.29. The first-order valence-electron chi connectivity index (χ1n) is 8.41. The Bertz CT molecular complexity index is 725. The summed E-state index contributed by atoms with van der Waals surface area (Å²) in [6, 6.07) is 4.53. The van der Waals surface area contributed by atoms with Crippen molar-refractivity contribution < 1.29 is 4.79 Å². The van der Waals surface area contributed by atoms with E-state index in [1.165, 1.54) is 34.0 Å². The Labute approximate surface area is 153 Å². The second-order valence-corrected chi connectivity index (χ2v) is 8.25. The van der Waals surface area contributed by atoms with Gasteiger partial charge in [-0.25, -0.2) is 4.68 Å². The largest absolute Gasteiger partial charge is 0.355 e. The van der Waals surface area contributed by atoms with Crippen LogP contribution in [0.4, 0.5) is 0 Å². The summed E-state index contributed by atoms with van der Waals surface area (Å²) in [7, 11) is 1.76. The average molecular weight is 362 g/mol. The molecule has 0 aliphatic carbocycles. The summed E-state index contributed by atoms with van der Waals surface area (Å²) in [6.45, 7) is 11.6. The molecule has 0 saturated carbocycles. The van der Waals surface area contributed by atoms with Crippen LogP contribution in [-0.2, 0) is 23.7 Å². The smallest absolute Gasteiger partial charge is 0.230 e. The second kappa shape index (κ2) is 7.99. The fourth-order valence-electron chi connectivity index (χ4n) is 2.67. The Morgan fingerprint density at radius 2 is 1.88 bits per heavy atom. The number of rotatable bonds is 6. The predicted molar refractivity (Wildman–Crippen MR) is 101 cm³/mol. The summed E-state index contributed by atoms with van der Waals surface area (Å²) in [6.07, 6.45) is 0.837. The summed E-state index contributed by atoms with van der Waals surface area (Å²) in [5, 5.41) is 14.8. The Balaban J connectivity index is 1.87. The van der Waals surface area contributed by atoms with E-state index in [0.717, 1.165) is 6.42 Å². The summed E-state index contributed by atoms with van der Waals surface area (Å²) in [5.41, 5.74) is 5.40. The van der Waals surface area contributed by atoms with E-state index in [9.17, 15) is 4.79 Å². The van der Waals surface area contributed by atoms with Gasteiger partial charge in [0.25, 0.3) is 0 Å². The summed E-state index contributed by atoms with van der Waals surface area (Å²) >= 11 is 1.33. The fourth-order valence-corrected chi connectivity index (χ4v) is 3.35. The van der Waals surface area contributed by atoms with Crippen LogP contribution in [-0.4, -0.2) is 38.4 Å². The first-order chi connectivity index (χ1) is 11.7. The molecule has 0 fully saturated rings. The van der Waals surface area contributed by atoms with Crippen molar-refractivity contribution in [2.75, 3.05) is 12.3 Å². The van der Waals surface area contributed by atoms with Crippen LogP contribution in [0, 0.1) is 13.8 Å². The number of hydrogen-bond acceptors (Lipinski definition) is 5. The molecule has 0 bridgehead atoms. The highest BCUT2D eigenvalue weighted by Crippen LogP contribution is 2.27. The maximum absolute atomic E-state index is 12.0. The molecule has 0 unspecified atom stereocenters. The van der Waals surface area contributed by atoms with E-state index in [2.05, 4.69) is 67.6 Å². The molecule has 1 amide bonds. The van der Waals surface area contributed by atoms with Gasteiger partial charge in [-0.05, 0) is 58.4 Å². The highest BCUT2D eigenvalue weighted by atomic mass is 32.2. The zero-order valence-electron chi connectivity index (χ0n) is 15.9. The molecule has 2 rings (SSSR count). The lowest BCUT2D eigenvalue weighted by Gasteiger charge is -2.22. The van der Waals surface area contributed by atoms with Crippen molar-refractivity contribution in [3.8, 4) is 0 Å². The first-order valence-corrected chi connectivity index (χ1v) is 9.39. The van der Waals surface area contributed by atoms with Crippen molar-refractivity contribution in [3.63, 3.8) is 0 Å². The number of carbonyl (C=O) groups is 1. The molecular weight excluding hydrogens is 334 g/mol. The third-order valence-corrected chi connectivity index (χ3v) is 5.18. The van der Waals surface area contributed by atoms with Gasteiger partial charge in [0.2, 0.25) is 11.1 Å². The van der Waals surface area contributed by atoms with E-state index in [4.69, 9.17) is 0 Å². The summed E-state index contributed by atoms with van der Waals surface area (Å²) in [5.74, 6) is 0.310. The van der Waals surface area contributed by atoms with Gasteiger partial charge < -0.3 is 5.32 Å². The van der Waals surface area contributed by atoms with Crippen LogP contribution < -0.4 is 5.32 Å². The number of nitrogens with zero attached hydrogens (tertiary/aromatic N) is 4. The SMILES string of the molecule is Cc1cc(C(C)(C)C)cc(C)c1CCNC(=O)CSc1nnnn1C. The van der Waals surface area contributed by atoms with E-state index in [1.54, 1.807) is 11.7 Å². The van der Waals surface area contributed by atoms with Crippen LogP contribution in [0.25, 0.3) is 0 Å². The monoisotopic (exact) mass is 361 g/mol. The van der Waals surface area contributed by atoms with E-state index in [1.807, 2.05) is 0 Å². The van der Waals surface area contributed by atoms with Crippen molar-refractivity contribution in [1.82, 2.24) is 25.5 Å². The van der Waals surface area contributed by atoms with Crippen LogP contribution in [0.5, 0.6) is 0 Å². The third-order valence-electron chi connectivity index (χ3n) is 4.17. The lowest BCUT2D eigenvalue weighted by atomic mass is 9.83. The second-order valence-electron chi connectivity index (χ2n) is 7.31. The Morgan fingerprint density at radius 3 is 2.40 bits per heavy atom. The highest BCUT2D eigenvalue weighted by Gasteiger charge is 2.16. The summed E-state index contributed by atoms with van der Waals surface area (Å²) in [4.78, 5) is 12.0. The van der Waals surface area contributed by atoms with Gasteiger partial charge >= 0.3 is 0 Å². The number of thioether (sulfide) groups is 1. The van der Waals surface area contributed by atoms with Gasteiger partial charge in [-0.15, -0.1) is 5.10 Å². The van der Waals surface area contributed by atoms with Crippen molar-refractivity contribution in [1.29, 1.82) is 0 Å². The minimum absolute atomic E-state index is 0.00498. The lowest BCUT2D eigenvalue weighted by Crippen LogP contribution is -2.27. The predicted octanol–water partition coefficient (Wildman–Crippen LogP) is 2.58. The minimum Gasteiger partial charge on any atom is -0.355 e. The Morgan fingerprint density at radius 1 is 1.24 bits per heavy atom. The van der Waals surface area contributed by atoms with Crippen LogP contribution in [0.15, 0.2) is 17.3 Å². The van der Waals surface area contributed by atoms with Gasteiger partial charge in [0.1, 0.15) is 0 Å². The molecular formula is C18H27N5OS. The zero-order valence-corrected chi connectivity index (χ0v) is 16.7. The molecule has 0 spiro atoms. The average Bonchev–Trinajstić information content (AvgIpc) is 2.92. The lowest BCUT2D eigenvalue weighted by molar-refractivity contribution is -0.118. The van der Waals surface area contributed by atoms with Crippen molar-refractivity contribution in [2.24, 2.45) is 7.05 Å². The number of aryl methyl sites for hydroxylation is 3. The van der Waals surface area contributed by atoms with E-state index in [-0.39, 0.29) is 11.3 Å². The van der Waals surface area contributed by atoms with Crippen LogP contribution in [0.3, 0.4) is 0 Å². The fraction of sp³-hybridized carbons (Fsp3) is 0.556. The van der Waals surface area contributed by atoms with Gasteiger partial charge in [-0.2, -0.15) is 0 Å². The number of benzene rings is 1. The molecule has 0 aliphatic rings. The zero-order chi connectivity index (χ0) is 18.6. The topological polar surface area (TPSA) is 72.7 Å². The number of tetrazole rings is 1. The van der Waals surface area contributed by atoms with Crippen molar-refractivity contribution in [2.45, 2.75) is 51.6 Å². The van der Waals surface area contributed by atoms with E-state index in [0.29, 0.717) is 17.5 Å². The van der Waals surface area contributed by atoms with Crippen LogP contribution in [0.1, 0.15) is 43.0 Å².